The van der Waals surface area contributed by atoms with E-state index in [0.29, 0.717) is 0 Å². The maximum Gasteiger partial charge on any atom is 0.0360 e. The van der Waals surface area contributed by atoms with Gasteiger partial charge in [-0.25, -0.2) is 0 Å². The summed E-state index contributed by atoms with van der Waals surface area (Å²) in [5.74, 6) is 0. The van der Waals surface area contributed by atoms with Crippen molar-refractivity contribution in [2.24, 2.45) is 0 Å². The molecule has 0 aromatic rings. The first kappa shape index (κ1) is 13.0. The van der Waals surface area contributed by atoms with Crippen LogP contribution in [0.25, 0.3) is 0 Å². The molecule has 0 saturated carbocycles. The monoisotopic (exact) mass is 194 g/mol. The van der Waals surface area contributed by atoms with Crippen LogP contribution >= 0.6 is 0 Å². The summed E-state index contributed by atoms with van der Waals surface area (Å²) >= 11 is 0. The molecule has 1 N–H and O–H groups in total. The van der Waals surface area contributed by atoms with Crippen LogP contribution in [0.4, 0.5) is 0 Å². The Hall–Kier alpha value is -1.02. The van der Waals surface area contributed by atoms with E-state index in [0.717, 1.165) is 26.2 Å². The molecule has 0 atom stereocenters. The van der Waals surface area contributed by atoms with Crippen LogP contribution < -0.4 is 5.32 Å². The van der Waals surface area contributed by atoms with E-state index in [1.54, 1.807) is 6.08 Å². The van der Waals surface area contributed by atoms with Crippen molar-refractivity contribution >= 4 is 0 Å². The molecular formula is C12H22N2. The van der Waals surface area contributed by atoms with E-state index in [1.807, 2.05) is 26.0 Å². The second-order valence-corrected chi connectivity index (χ2v) is 2.77. The molecule has 0 aromatic carbocycles. The van der Waals surface area contributed by atoms with Gasteiger partial charge < -0.3 is 10.2 Å². The maximum atomic E-state index is 3.78. The van der Waals surface area contributed by atoms with Gasteiger partial charge in [0, 0.05) is 31.9 Å². The molecule has 0 radical (unpaired) electrons. The predicted octanol–water partition coefficient (Wildman–Crippen LogP) is 2.17. The molecule has 0 bridgehead atoms. The molecule has 1 rings (SSSR count). The zero-order chi connectivity index (χ0) is 10.8. The Morgan fingerprint density at radius 2 is 1.79 bits per heavy atom. The zero-order valence-corrected chi connectivity index (χ0v) is 9.42. The molecule has 0 amide bonds. The van der Waals surface area contributed by atoms with Crippen LogP contribution in [-0.4, -0.2) is 31.1 Å². The largest absolute Gasteiger partial charge is 0.369 e. The highest BCUT2D eigenvalue weighted by Crippen LogP contribution is 2.06. The minimum atomic E-state index is 1.06. The topological polar surface area (TPSA) is 15.3 Å². The molecular weight excluding hydrogens is 172 g/mol. The molecule has 14 heavy (non-hydrogen) atoms. The van der Waals surface area contributed by atoms with E-state index in [2.05, 4.69) is 23.4 Å². The van der Waals surface area contributed by atoms with Gasteiger partial charge in [0.05, 0.1) is 0 Å². The number of hydrogen-bond donors (Lipinski definition) is 1. The van der Waals surface area contributed by atoms with Gasteiger partial charge in [-0.3, -0.25) is 0 Å². The van der Waals surface area contributed by atoms with Gasteiger partial charge in [0.2, 0.25) is 0 Å². The molecule has 1 aliphatic rings. The lowest BCUT2D eigenvalue weighted by Crippen LogP contribution is -2.42. The van der Waals surface area contributed by atoms with E-state index < -0.39 is 0 Å². The summed E-state index contributed by atoms with van der Waals surface area (Å²) < 4.78 is 0. The first-order valence-corrected chi connectivity index (χ1v) is 5.29. The molecule has 80 valence electrons. The Balaban J connectivity index is 0.000000791. The van der Waals surface area contributed by atoms with E-state index in [1.165, 1.54) is 5.70 Å². The highest BCUT2D eigenvalue weighted by molar-refractivity contribution is 5.20. The Bertz CT molecular complexity index is 188. The second kappa shape index (κ2) is 8.57. The average Bonchev–Trinajstić information content (AvgIpc) is 2.30. The zero-order valence-electron chi connectivity index (χ0n) is 9.42. The quantitative estimate of drug-likeness (QED) is 0.693. The summed E-state index contributed by atoms with van der Waals surface area (Å²) in [7, 11) is 0. The maximum absolute atomic E-state index is 3.78. The third kappa shape index (κ3) is 4.28. The fraction of sp³-hybridized carbons (Fsp3) is 0.500. The lowest BCUT2D eigenvalue weighted by molar-refractivity contribution is 0.307. The molecule has 0 unspecified atom stereocenters. The highest BCUT2D eigenvalue weighted by Gasteiger charge is 2.09. The molecule has 0 spiro atoms. The summed E-state index contributed by atoms with van der Waals surface area (Å²) in [4.78, 5) is 2.31. The van der Waals surface area contributed by atoms with Gasteiger partial charge in [-0.1, -0.05) is 33.1 Å². The Labute approximate surface area is 88.0 Å². The Kier molecular flexibility index (Phi) is 7.95. The molecule has 0 aromatic heterocycles. The van der Waals surface area contributed by atoms with Gasteiger partial charge in [0.15, 0.2) is 0 Å². The summed E-state index contributed by atoms with van der Waals surface area (Å²) in [5.41, 5.74) is 1.17. The molecule has 1 aliphatic heterocycles. The van der Waals surface area contributed by atoms with Crippen molar-refractivity contribution in [3.05, 3.63) is 37.1 Å². The third-order valence-corrected chi connectivity index (χ3v) is 1.98. The van der Waals surface area contributed by atoms with Gasteiger partial charge in [-0.15, -0.1) is 0 Å². The molecule has 1 heterocycles. The van der Waals surface area contributed by atoms with Gasteiger partial charge in [-0.05, 0) is 12.2 Å². The van der Waals surface area contributed by atoms with Crippen molar-refractivity contribution in [2.75, 3.05) is 26.2 Å². The summed E-state index contributed by atoms with van der Waals surface area (Å²) in [6.45, 7) is 15.7. The minimum Gasteiger partial charge on any atom is -0.369 e. The normalized spacial score (nSPS) is 16.7. The SMILES string of the molecule is C=C/C=C(\C=C)N1CCNCC1.CC. The molecule has 2 nitrogen and oxygen atoms in total. The highest BCUT2D eigenvalue weighted by atomic mass is 15.2. The molecule has 2 heteroatoms. The lowest BCUT2D eigenvalue weighted by atomic mass is 10.3. The van der Waals surface area contributed by atoms with Crippen molar-refractivity contribution in [1.29, 1.82) is 0 Å². The van der Waals surface area contributed by atoms with Crippen LogP contribution in [0.15, 0.2) is 37.1 Å². The third-order valence-electron chi connectivity index (χ3n) is 1.98. The van der Waals surface area contributed by atoms with Crippen LogP contribution in [0, 0.1) is 0 Å². The van der Waals surface area contributed by atoms with Gasteiger partial charge >= 0.3 is 0 Å². The van der Waals surface area contributed by atoms with E-state index in [4.69, 9.17) is 0 Å². The fourth-order valence-corrected chi connectivity index (χ4v) is 1.35. The fourth-order valence-electron chi connectivity index (χ4n) is 1.35. The number of nitrogens with one attached hydrogen (secondary N) is 1. The van der Waals surface area contributed by atoms with E-state index >= 15 is 0 Å². The lowest BCUT2D eigenvalue weighted by Gasteiger charge is -2.30. The van der Waals surface area contributed by atoms with Gasteiger partial charge in [-0.2, -0.15) is 0 Å². The van der Waals surface area contributed by atoms with Crippen LogP contribution in [0.3, 0.4) is 0 Å². The number of hydrogen-bond acceptors (Lipinski definition) is 2. The van der Waals surface area contributed by atoms with Crippen LogP contribution in [0.5, 0.6) is 0 Å². The van der Waals surface area contributed by atoms with Crippen molar-refractivity contribution < 1.29 is 0 Å². The molecule has 1 saturated heterocycles. The van der Waals surface area contributed by atoms with Crippen molar-refractivity contribution in [3.63, 3.8) is 0 Å². The van der Waals surface area contributed by atoms with Gasteiger partial charge in [0.1, 0.15) is 0 Å². The Morgan fingerprint density at radius 1 is 1.21 bits per heavy atom. The van der Waals surface area contributed by atoms with Crippen LogP contribution in [0.2, 0.25) is 0 Å². The standard InChI is InChI=1S/C10H16N2.C2H6/c1-3-5-10(4-2)12-8-6-11-7-9-12;1-2/h3-5,11H,1-2,6-9H2;1-2H3/b10-5+;. The summed E-state index contributed by atoms with van der Waals surface area (Å²) in [6.07, 6.45) is 5.68. The summed E-state index contributed by atoms with van der Waals surface area (Å²) in [6, 6.07) is 0. The molecule has 0 aliphatic carbocycles. The van der Waals surface area contributed by atoms with Crippen molar-refractivity contribution in [1.82, 2.24) is 10.2 Å². The first-order valence-electron chi connectivity index (χ1n) is 5.29. The minimum absolute atomic E-state index is 1.06. The number of nitrogens with zero attached hydrogens (tertiary/aromatic N) is 1. The predicted molar refractivity (Wildman–Crippen MR) is 64.3 cm³/mol. The van der Waals surface area contributed by atoms with Crippen LogP contribution in [-0.2, 0) is 0 Å². The number of piperazine rings is 1. The van der Waals surface area contributed by atoms with Crippen molar-refractivity contribution in [2.45, 2.75) is 13.8 Å². The average molecular weight is 194 g/mol. The first-order chi connectivity index (χ1) is 6.88. The number of allylic oxidation sites excluding steroid dienone is 3. The van der Waals surface area contributed by atoms with Crippen LogP contribution in [0.1, 0.15) is 13.8 Å². The number of rotatable bonds is 3. The van der Waals surface area contributed by atoms with Gasteiger partial charge in [0.25, 0.3) is 0 Å². The second-order valence-electron chi connectivity index (χ2n) is 2.77. The Morgan fingerprint density at radius 3 is 2.21 bits per heavy atom. The summed E-state index contributed by atoms with van der Waals surface area (Å²) in [5, 5.41) is 3.31. The molecule has 1 fully saturated rings. The smallest absolute Gasteiger partial charge is 0.0360 e. The van der Waals surface area contributed by atoms with E-state index in [-0.39, 0.29) is 0 Å². The van der Waals surface area contributed by atoms with Crippen molar-refractivity contribution in [3.8, 4) is 0 Å². The van der Waals surface area contributed by atoms with E-state index in [9.17, 15) is 0 Å².